The van der Waals surface area contributed by atoms with Crippen molar-refractivity contribution in [2.24, 2.45) is 13.0 Å². The molecular formula is C15H17N5O2. The lowest BCUT2D eigenvalue weighted by Crippen LogP contribution is -2.23. The highest BCUT2D eigenvalue weighted by Crippen LogP contribution is 2.15. The molecule has 22 heavy (non-hydrogen) atoms. The summed E-state index contributed by atoms with van der Waals surface area (Å²) >= 11 is 0. The molecule has 7 nitrogen and oxygen atoms in total. The number of anilines is 1. The summed E-state index contributed by atoms with van der Waals surface area (Å²) in [5.74, 6) is -0.691. The van der Waals surface area contributed by atoms with E-state index >= 15 is 0 Å². The third-order valence-electron chi connectivity index (χ3n) is 3.22. The maximum absolute atomic E-state index is 12.2. The summed E-state index contributed by atoms with van der Waals surface area (Å²) in [4.78, 5) is 16.2. The van der Waals surface area contributed by atoms with Crippen LogP contribution in [0.2, 0.25) is 0 Å². The van der Waals surface area contributed by atoms with E-state index in [1.165, 1.54) is 13.3 Å². The van der Waals surface area contributed by atoms with Crippen LogP contribution in [0.25, 0.3) is 0 Å². The lowest BCUT2D eigenvalue weighted by molar-refractivity contribution is -0.118. The predicted molar refractivity (Wildman–Crippen MR) is 80.2 cm³/mol. The monoisotopic (exact) mass is 299 g/mol. The quantitative estimate of drug-likeness (QED) is 0.902. The first kappa shape index (κ1) is 15.5. The fraction of sp³-hybridized carbons (Fsp3) is 0.333. The van der Waals surface area contributed by atoms with Crippen molar-refractivity contribution in [2.45, 2.75) is 13.3 Å². The van der Waals surface area contributed by atoms with Crippen LogP contribution >= 0.6 is 0 Å². The Morgan fingerprint density at radius 2 is 2.32 bits per heavy atom. The van der Waals surface area contributed by atoms with Crippen molar-refractivity contribution in [3.8, 4) is 11.9 Å². The smallest absolute Gasteiger partial charge is 0.242 e. The number of nitriles is 1. The number of hydrogen-bond acceptors (Lipinski definition) is 5. The van der Waals surface area contributed by atoms with Gasteiger partial charge in [0.1, 0.15) is 5.92 Å². The van der Waals surface area contributed by atoms with Crippen LogP contribution in [-0.2, 0) is 18.3 Å². The fourth-order valence-corrected chi connectivity index (χ4v) is 2.07. The van der Waals surface area contributed by atoms with Crippen molar-refractivity contribution < 1.29 is 9.53 Å². The first-order chi connectivity index (χ1) is 10.5. The first-order valence-electron chi connectivity index (χ1n) is 6.73. The van der Waals surface area contributed by atoms with Crippen LogP contribution in [0.1, 0.15) is 11.3 Å². The lowest BCUT2D eigenvalue weighted by Gasteiger charge is -2.10. The number of aromatic nitrogens is 3. The summed E-state index contributed by atoms with van der Waals surface area (Å²) < 4.78 is 6.62. The van der Waals surface area contributed by atoms with Crippen molar-refractivity contribution in [2.75, 3.05) is 12.4 Å². The number of methoxy groups -OCH3 is 1. The number of carbonyl (C=O) groups is 1. The predicted octanol–water partition coefficient (Wildman–Crippen LogP) is 1.45. The highest BCUT2D eigenvalue weighted by molar-refractivity contribution is 5.94. The minimum absolute atomic E-state index is 0.325. The van der Waals surface area contributed by atoms with Crippen LogP contribution < -0.4 is 10.1 Å². The van der Waals surface area contributed by atoms with Crippen molar-refractivity contribution in [1.82, 2.24) is 14.8 Å². The molecular weight excluding hydrogens is 282 g/mol. The van der Waals surface area contributed by atoms with Gasteiger partial charge in [0.15, 0.2) is 0 Å². The van der Waals surface area contributed by atoms with E-state index in [9.17, 15) is 10.1 Å². The minimum atomic E-state index is -0.787. The zero-order valence-corrected chi connectivity index (χ0v) is 12.7. The van der Waals surface area contributed by atoms with Gasteiger partial charge in [-0.05, 0) is 18.6 Å². The topological polar surface area (TPSA) is 92.8 Å². The molecule has 114 valence electrons. The molecule has 2 rings (SSSR count). The van der Waals surface area contributed by atoms with Gasteiger partial charge in [0, 0.05) is 25.7 Å². The standard InChI is InChI=1S/C15H17N5O2/c1-10-12(9-20(2)19-10)6-11(7-16)15(21)18-13-4-5-14(22-3)17-8-13/h4-5,8-9,11H,6H2,1-3H3,(H,18,21)/t11-/m0/s1. The van der Waals surface area contributed by atoms with Crippen molar-refractivity contribution in [1.29, 1.82) is 5.26 Å². The van der Waals surface area contributed by atoms with E-state index < -0.39 is 5.92 Å². The second-order valence-electron chi connectivity index (χ2n) is 4.88. The highest BCUT2D eigenvalue weighted by Gasteiger charge is 2.20. The molecule has 7 heteroatoms. The summed E-state index contributed by atoms with van der Waals surface area (Å²) in [5, 5.41) is 16.1. The molecule has 0 bridgehead atoms. The molecule has 0 spiro atoms. The van der Waals surface area contributed by atoms with Gasteiger partial charge in [0.05, 0.1) is 30.8 Å². The number of rotatable bonds is 5. The SMILES string of the molecule is COc1ccc(NC(=O)[C@H](C#N)Cc2cn(C)nc2C)cn1. The number of carbonyl (C=O) groups excluding carboxylic acids is 1. The molecule has 2 aromatic heterocycles. The van der Waals surface area contributed by atoms with E-state index in [0.717, 1.165) is 11.3 Å². The number of ether oxygens (including phenoxy) is 1. The molecule has 0 aliphatic rings. The van der Waals surface area contributed by atoms with E-state index in [4.69, 9.17) is 4.74 Å². The molecule has 1 amide bonds. The Morgan fingerprint density at radius 3 is 2.82 bits per heavy atom. The Labute approximate surface area is 128 Å². The summed E-state index contributed by atoms with van der Waals surface area (Å²) in [6, 6.07) is 5.35. The van der Waals surface area contributed by atoms with Gasteiger partial charge in [0.25, 0.3) is 0 Å². The van der Waals surface area contributed by atoms with Crippen LogP contribution in [0.5, 0.6) is 5.88 Å². The Kier molecular flexibility index (Phi) is 4.73. The number of hydrogen-bond donors (Lipinski definition) is 1. The normalized spacial score (nSPS) is 11.5. The molecule has 1 N–H and O–H groups in total. The number of pyridine rings is 1. The second-order valence-corrected chi connectivity index (χ2v) is 4.88. The van der Waals surface area contributed by atoms with Gasteiger partial charge < -0.3 is 10.1 Å². The van der Waals surface area contributed by atoms with Crippen LogP contribution in [0.3, 0.4) is 0 Å². The molecule has 2 aromatic rings. The van der Waals surface area contributed by atoms with E-state index in [2.05, 4.69) is 15.4 Å². The van der Waals surface area contributed by atoms with Crippen LogP contribution in [0.15, 0.2) is 24.5 Å². The van der Waals surface area contributed by atoms with Crippen molar-refractivity contribution in [3.63, 3.8) is 0 Å². The average molecular weight is 299 g/mol. The molecule has 0 fully saturated rings. The summed E-state index contributed by atoms with van der Waals surface area (Å²) in [6.07, 6.45) is 3.63. The van der Waals surface area contributed by atoms with Gasteiger partial charge in [-0.3, -0.25) is 9.48 Å². The van der Waals surface area contributed by atoms with Gasteiger partial charge in [0.2, 0.25) is 11.8 Å². The third kappa shape index (κ3) is 3.61. The Bertz CT molecular complexity index is 700. The molecule has 0 radical (unpaired) electrons. The fourth-order valence-electron chi connectivity index (χ4n) is 2.07. The van der Waals surface area contributed by atoms with Gasteiger partial charge in [-0.15, -0.1) is 0 Å². The summed E-state index contributed by atoms with van der Waals surface area (Å²) in [7, 11) is 3.32. The number of amides is 1. The average Bonchev–Trinajstić information content (AvgIpc) is 2.83. The van der Waals surface area contributed by atoms with Gasteiger partial charge in [-0.25, -0.2) is 4.98 Å². The zero-order valence-electron chi connectivity index (χ0n) is 12.7. The van der Waals surface area contributed by atoms with Crippen molar-refractivity contribution in [3.05, 3.63) is 35.8 Å². The number of nitrogens with zero attached hydrogens (tertiary/aromatic N) is 4. The molecule has 0 aliphatic carbocycles. The van der Waals surface area contributed by atoms with E-state index in [0.29, 0.717) is 18.0 Å². The molecule has 0 unspecified atom stereocenters. The molecule has 2 heterocycles. The maximum Gasteiger partial charge on any atom is 0.242 e. The molecule has 0 aliphatic heterocycles. The summed E-state index contributed by atoms with van der Waals surface area (Å²) in [5.41, 5.74) is 2.23. The van der Waals surface area contributed by atoms with E-state index in [-0.39, 0.29) is 5.91 Å². The largest absolute Gasteiger partial charge is 0.481 e. The highest BCUT2D eigenvalue weighted by atomic mass is 16.5. The van der Waals surface area contributed by atoms with Gasteiger partial charge in [-0.2, -0.15) is 10.4 Å². The van der Waals surface area contributed by atoms with Gasteiger partial charge in [-0.1, -0.05) is 0 Å². The number of nitrogens with one attached hydrogen (secondary N) is 1. The van der Waals surface area contributed by atoms with Gasteiger partial charge >= 0.3 is 0 Å². The summed E-state index contributed by atoms with van der Waals surface area (Å²) in [6.45, 7) is 1.86. The van der Waals surface area contributed by atoms with E-state index in [1.54, 1.807) is 23.9 Å². The second kappa shape index (κ2) is 6.72. The van der Waals surface area contributed by atoms with E-state index in [1.807, 2.05) is 19.2 Å². The molecule has 0 saturated heterocycles. The zero-order chi connectivity index (χ0) is 16.1. The van der Waals surface area contributed by atoms with Crippen molar-refractivity contribution >= 4 is 11.6 Å². The minimum Gasteiger partial charge on any atom is -0.481 e. The molecule has 0 saturated carbocycles. The number of aryl methyl sites for hydroxylation is 2. The Morgan fingerprint density at radius 1 is 1.55 bits per heavy atom. The Balaban J connectivity index is 2.05. The lowest BCUT2D eigenvalue weighted by atomic mass is 10.0. The Hall–Kier alpha value is -2.88. The first-order valence-corrected chi connectivity index (χ1v) is 6.73. The third-order valence-corrected chi connectivity index (χ3v) is 3.22. The van der Waals surface area contributed by atoms with Crippen LogP contribution in [-0.4, -0.2) is 27.8 Å². The maximum atomic E-state index is 12.2. The van der Waals surface area contributed by atoms with Crippen LogP contribution in [0.4, 0.5) is 5.69 Å². The molecule has 1 atom stereocenters. The van der Waals surface area contributed by atoms with Crippen LogP contribution in [0, 0.1) is 24.2 Å². The molecule has 0 aromatic carbocycles.